The van der Waals surface area contributed by atoms with E-state index in [-0.39, 0.29) is 5.54 Å². The standard InChI is InChI=1S/C12H20N2O/c1-3-14-6-4-11(9-14)8-13-12(2)5-7-15-10-12/h4,6,9,13H,3,5,7-8,10H2,1-2H3. The summed E-state index contributed by atoms with van der Waals surface area (Å²) in [7, 11) is 0. The molecule has 1 aromatic rings. The van der Waals surface area contributed by atoms with Gasteiger partial charge in [0.05, 0.1) is 6.61 Å². The molecule has 1 saturated heterocycles. The summed E-state index contributed by atoms with van der Waals surface area (Å²) >= 11 is 0. The van der Waals surface area contributed by atoms with Crippen molar-refractivity contribution in [1.29, 1.82) is 0 Å². The summed E-state index contributed by atoms with van der Waals surface area (Å²) in [5, 5.41) is 3.57. The molecular formula is C12H20N2O. The SMILES string of the molecule is CCn1ccc(CNC2(C)CCOC2)c1. The highest BCUT2D eigenvalue weighted by atomic mass is 16.5. The van der Waals surface area contributed by atoms with Crippen LogP contribution >= 0.6 is 0 Å². The molecule has 0 bridgehead atoms. The van der Waals surface area contributed by atoms with Crippen LogP contribution < -0.4 is 5.32 Å². The Morgan fingerprint density at radius 3 is 3.07 bits per heavy atom. The molecule has 3 nitrogen and oxygen atoms in total. The fourth-order valence-corrected chi connectivity index (χ4v) is 1.91. The van der Waals surface area contributed by atoms with Crippen LogP contribution in [-0.4, -0.2) is 23.3 Å². The van der Waals surface area contributed by atoms with Crippen molar-refractivity contribution in [2.45, 2.75) is 38.9 Å². The zero-order valence-corrected chi connectivity index (χ0v) is 9.62. The average molecular weight is 208 g/mol. The first kappa shape index (κ1) is 10.7. The molecule has 2 rings (SSSR count). The molecule has 0 aromatic carbocycles. The summed E-state index contributed by atoms with van der Waals surface area (Å²) < 4.78 is 7.61. The highest BCUT2D eigenvalue weighted by Crippen LogP contribution is 2.18. The van der Waals surface area contributed by atoms with E-state index in [1.165, 1.54) is 5.56 Å². The van der Waals surface area contributed by atoms with Crippen molar-refractivity contribution in [2.24, 2.45) is 0 Å². The van der Waals surface area contributed by atoms with Crippen molar-refractivity contribution in [1.82, 2.24) is 9.88 Å². The van der Waals surface area contributed by atoms with Gasteiger partial charge in [-0.2, -0.15) is 0 Å². The van der Waals surface area contributed by atoms with Gasteiger partial charge >= 0.3 is 0 Å². The van der Waals surface area contributed by atoms with Gasteiger partial charge in [-0.05, 0) is 31.9 Å². The van der Waals surface area contributed by atoms with Gasteiger partial charge in [0.2, 0.25) is 0 Å². The van der Waals surface area contributed by atoms with Crippen LogP contribution in [0.15, 0.2) is 18.5 Å². The van der Waals surface area contributed by atoms with Gasteiger partial charge < -0.3 is 14.6 Å². The van der Waals surface area contributed by atoms with E-state index in [9.17, 15) is 0 Å². The Morgan fingerprint density at radius 1 is 1.60 bits per heavy atom. The summed E-state index contributed by atoms with van der Waals surface area (Å²) in [4.78, 5) is 0. The molecule has 0 amide bonds. The van der Waals surface area contributed by atoms with Crippen molar-refractivity contribution < 1.29 is 4.74 Å². The quantitative estimate of drug-likeness (QED) is 0.816. The minimum atomic E-state index is 0.175. The minimum Gasteiger partial charge on any atom is -0.379 e. The number of aryl methyl sites for hydroxylation is 1. The van der Waals surface area contributed by atoms with Gasteiger partial charge in [-0.3, -0.25) is 0 Å². The zero-order valence-electron chi connectivity index (χ0n) is 9.62. The predicted octanol–water partition coefficient (Wildman–Crippen LogP) is 1.78. The maximum absolute atomic E-state index is 5.41. The first-order valence-electron chi connectivity index (χ1n) is 5.69. The summed E-state index contributed by atoms with van der Waals surface area (Å²) in [6.07, 6.45) is 5.44. The fourth-order valence-electron chi connectivity index (χ4n) is 1.91. The van der Waals surface area contributed by atoms with Gasteiger partial charge in [0.15, 0.2) is 0 Å². The number of aromatic nitrogens is 1. The predicted molar refractivity (Wildman–Crippen MR) is 60.8 cm³/mol. The highest BCUT2D eigenvalue weighted by Gasteiger charge is 2.28. The Bertz CT molecular complexity index is 313. The number of nitrogens with zero attached hydrogens (tertiary/aromatic N) is 1. The summed E-state index contributed by atoms with van der Waals surface area (Å²) in [6.45, 7) is 8.09. The number of nitrogens with one attached hydrogen (secondary N) is 1. The lowest BCUT2D eigenvalue weighted by Crippen LogP contribution is -2.42. The molecule has 1 atom stereocenters. The molecule has 1 unspecified atom stereocenters. The largest absolute Gasteiger partial charge is 0.379 e. The van der Waals surface area contributed by atoms with E-state index in [2.05, 4.69) is 42.2 Å². The Balaban J connectivity index is 1.87. The summed E-state index contributed by atoms with van der Waals surface area (Å²) in [5.74, 6) is 0. The van der Waals surface area contributed by atoms with Crippen LogP contribution in [0.25, 0.3) is 0 Å². The van der Waals surface area contributed by atoms with E-state index in [0.717, 1.165) is 32.7 Å². The van der Waals surface area contributed by atoms with Crippen LogP contribution in [0.3, 0.4) is 0 Å². The van der Waals surface area contributed by atoms with Crippen LogP contribution in [0.1, 0.15) is 25.8 Å². The molecule has 1 aromatic heterocycles. The van der Waals surface area contributed by atoms with Gasteiger partial charge in [0, 0.05) is 37.6 Å². The molecule has 0 saturated carbocycles. The first-order valence-corrected chi connectivity index (χ1v) is 5.69. The lowest BCUT2D eigenvalue weighted by atomic mass is 10.0. The molecule has 84 valence electrons. The number of hydrogen-bond acceptors (Lipinski definition) is 2. The van der Waals surface area contributed by atoms with E-state index in [0.29, 0.717) is 0 Å². The molecular weight excluding hydrogens is 188 g/mol. The van der Waals surface area contributed by atoms with Crippen molar-refractivity contribution in [3.8, 4) is 0 Å². The van der Waals surface area contributed by atoms with Gasteiger partial charge in [-0.15, -0.1) is 0 Å². The molecule has 1 N–H and O–H groups in total. The second-order valence-corrected chi connectivity index (χ2v) is 4.57. The van der Waals surface area contributed by atoms with Crippen LogP contribution in [0, 0.1) is 0 Å². The maximum atomic E-state index is 5.41. The van der Waals surface area contributed by atoms with Gasteiger partial charge in [-0.25, -0.2) is 0 Å². The minimum absolute atomic E-state index is 0.175. The lowest BCUT2D eigenvalue weighted by Gasteiger charge is -2.23. The molecule has 1 aliphatic rings. The topological polar surface area (TPSA) is 26.2 Å². The molecule has 0 radical (unpaired) electrons. The lowest BCUT2D eigenvalue weighted by molar-refractivity contribution is 0.171. The summed E-state index contributed by atoms with van der Waals surface area (Å²) in [5.41, 5.74) is 1.53. The van der Waals surface area contributed by atoms with Crippen LogP contribution in [0.4, 0.5) is 0 Å². The van der Waals surface area contributed by atoms with E-state index < -0.39 is 0 Å². The fraction of sp³-hybridized carbons (Fsp3) is 0.667. The Hall–Kier alpha value is -0.800. The third-order valence-electron chi connectivity index (χ3n) is 3.11. The molecule has 2 heterocycles. The zero-order chi connectivity index (χ0) is 10.7. The molecule has 0 aliphatic carbocycles. The van der Waals surface area contributed by atoms with Crippen molar-refractivity contribution in [3.05, 3.63) is 24.0 Å². The molecule has 1 fully saturated rings. The van der Waals surface area contributed by atoms with E-state index >= 15 is 0 Å². The Labute approximate surface area is 91.4 Å². The smallest absolute Gasteiger partial charge is 0.0646 e. The maximum Gasteiger partial charge on any atom is 0.0646 e. The Kier molecular flexibility index (Phi) is 3.12. The highest BCUT2D eigenvalue weighted by molar-refractivity contribution is 5.10. The molecule has 0 spiro atoms. The third kappa shape index (κ3) is 2.61. The Morgan fingerprint density at radius 2 is 2.47 bits per heavy atom. The summed E-state index contributed by atoms with van der Waals surface area (Å²) in [6, 6.07) is 2.18. The number of ether oxygens (including phenoxy) is 1. The van der Waals surface area contributed by atoms with E-state index in [1.807, 2.05) is 0 Å². The number of hydrogen-bond donors (Lipinski definition) is 1. The van der Waals surface area contributed by atoms with E-state index in [4.69, 9.17) is 4.74 Å². The normalized spacial score (nSPS) is 26.0. The monoisotopic (exact) mass is 208 g/mol. The number of rotatable bonds is 4. The van der Waals surface area contributed by atoms with Crippen LogP contribution in [0.5, 0.6) is 0 Å². The van der Waals surface area contributed by atoms with Crippen LogP contribution in [0.2, 0.25) is 0 Å². The van der Waals surface area contributed by atoms with Crippen molar-refractivity contribution >= 4 is 0 Å². The second-order valence-electron chi connectivity index (χ2n) is 4.57. The van der Waals surface area contributed by atoms with Gasteiger partial charge in [-0.1, -0.05) is 0 Å². The van der Waals surface area contributed by atoms with Gasteiger partial charge in [0.25, 0.3) is 0 Å². The average Bonchev–Trinajstić information content (AvgIpc) is 2.84. The van der Waals surface area contributed by atoms with Crippen LogP contribution in [-0.2, 0) is 17.8 Å². The van der Waals surface area contributed by atoms with E-state index in [1.54, 1.807) is 0 Å². The van der Waals surface area contributed by atoms with Crippen molar-refractivity contribution in [2.75, 3.05) is 13.2 Å². The second kappa shape index (κ2) is 4.37. The first-order chi connectivity index (χ1) is 7.22. The third-order valence-corrected chi connectivity index (χ3v) is 3.11. The molecule has 15 heavy (non-hydrogen) atoms. The molecule has 3 heteroatoms. The van der Waals surface area contributed by atoms with Gasteiger partial charge in [0.1, 0.15) is 0 Å². The molecule has 1 aliphatic heterocycles. The van der Waals surface area contributed by atoms with Crippen molar-refractivity contribution in [3.63, 3.8) is 0 Å².